The van der Waals surface area contributed by atoms with Crippen molar-refractivity contribution in [3.63, 3.8) is 0 Å². The molecule has 0 aliphatic rings. The maximum Gasteiger partial charge on any atom is 0.416 e. The van der Waals surface area contributed by atoms with Crippen molar-refractivity contribution in [1.82, 2.24) is 5.43 Å². The third-order valence-corrected chi connectivity index (χ3v) is 2.28. The van der Waals surface area contributed by atoms with Gasteiger partial charge in [0.15, 0.2) is 0 Å². The van der Waals surface area contributed by atoms with Gasteiger partial charge < -0.3 is 0 Å². The molecule has 0 spiro atoms. The summed E-state index contributed by atoms with van der Waals surface area (Å²) in [7, 11) is 0. The largest absolute Gasteiger partial charge is 0.416 e. The van der Waals surface area contributed by atoms with Crippen molar-refractivity contribution in [2.45, 2.75) is 18.8 Å². The minimum Gasteiger partial charge on any atom is -0.271 e. The molecule has 0 bridgehead atoms. The molecule has 1 rings (SSSR count). The molecule has 0 unspecified atom stereocenters. The van der Waals surface area contributed by atoms with Gasteiger partial charge in [-0.1, -0.05) is 0 Å². The smallest absolute Gasteiger partial charge is 0.271 e. The number of hydrogen-bond acceptors (Lipinski definition) is 2. The third kappa shape index (κ3) is 3.61. The van der Waals surface area contributed by atoms with Crippen molar-refractivity contribution in [3.05, 3.63) is 34.9 Å². The highest BCUT2D eigenvalue weighted by molar-refractivity contribution is 5.35. The van der Waals surface area contributed by atoms with Crippen molar-refractivity contribution in [2.75, 3.05) is 6.54 Å². The number of benzene rings is 1. The lowest BCUT2D eigenvalue weighted by Crippen LogP contribution is -2.25. The van der Waals surface area contributed by atoms with Crippen molar-refractivity contribution < 1.29 is 26.3 Å². The van der Waals surface area contributed by atoms with Crippen molar-refractivity contribution >= 4 is 0 Å². The Bertz CT molecular complexity index is 410. The Morgan fingerprint density at radius 3 is 2.06 bits per heavy atom. The van der Waals surface area contributed by atoms with Gasteiger partial charge >= 0.3 is 12.4 Å². The van der Waals surface area contributed by atoms with E-state index in [9.17, 15) is 26.3 Å². The fourth-order valence-corrected chi connectivity index (χ4v) is 1.46. The van der Waals surface area contributed by atoms with Crippen LogP contribution in [-0.4, -0.2) is 6.54 Å². The predicted molar refractivity (Wildman–Crippen MR) is 52.3 cm³/mol. The van der Waals surface area contributed by atoms with Crippen LogP contribution in [-0.2, 0) is 18.8 Å². The molecule has 0 saturated carbocycles. The van der Waals surface area contributed by atoms with Gasteiger partial charge in [-0.05, 0) is 30.2 Å². The van der Waals surface area contributed by atoms with Crippen LogP contribution in [0.1, 0.15) is 16.7 Å². The Hall–Kier alpha value is -1.28. The summed E-state index contributed by atoms with van der Waals surface area (Å²) in [5.41, 5.74) is -0.517. The van der Waals surface area contributed by atoms with Crippen molar-refractivity contribution in [1.29, 1.82) is 0 Å². The first-order valence-electron chi connectivity index (χ1n) is 4.87. The molecule has 1 aromatic carbocycles. The molecular formula is C10H10F6N2. The van der Waals surface area contributed by atoms with Crippen LogP contribution in [0.4, 0.5) is 26.3 Å². The number of nitrogens with one attached hydrogen (secondary N) is 1. The fraction of sp³-hybridized carbons (Fsp3) is 0.400. The lowest BCUT2D eigenvalue weighted by Gasteiger charge is -2.15. The van der Waals surface area contributed by atoms with Crippen LogP contribution in [0.15, 0.2) is 18.2 Å². The van der Waals surface area contributed by atoms with Crippen LogP contribution >= 0.6 is 0 Å². The molecule has 0 aromatic heterocycles. The summed E-state index contributed by atoms with van der Waals surface area (Å²) in [5.74, 6) is 4.91. The first-order chi connectivity index (χ1) is 8.16. The molecule has 0 heterocycles. The summed E-state index contributed by atoms with van der Waals surface area (Å²) < 4.78 is 74.9. The van der Waals surface area contributed by atoms with Crippen LogP contribution in [0.2, 0.25) is 0 Å². The van der Waals surface area contributed by atoms with Crippen molar-refractivity contribution in [3.8, 4) is 0 Å². The Balaban J connectivity index is 3.21. The summed E-state index contributed by atoms with van der Waals surface area (Å²) in [6.07, 6.45) is -9.60. The third-order valence-electron chi connectivity index (χ3n) is 2.28. The van der Waals surface area contributed by atoms with Crippen LogP contribution in [0, 0.1) is 0 Å². The Morgan fingerprint density at radius 1 is 1.00 bits per heavy atom. The second-order valence-electron chi connectivity index (χ2n) is 3.57. The summed E-state index contributed by atoms with van der Waals surface area (Å²) in [6, 6.07) is 1.36. The number of halogens is 6. The molecule has 0 fully saturated rings. The van der Waals surface area contributed by atoms with Gasteiger partial charge in [0.1, 0.15) is 0 Å². The Kier molecular flexibility index (Phi) is 4.23. The number of nitrogens with two attached hydrogens (primary N) is 1. The molecule has 0 aliphatic carbocycles. The van der Waals surface area contributed by atoms with Gasteiger partial charge in [0.25, 0.3) is 0 Å². The molecule has 102 valence electrons. The monoisotopic (exact) mass is 272 g/mol. The molecule has 8 heteroatoms. The summed E-state index contributed by atoms with van der Waals surface area (Å²) >= 11 is 0. The van der Waals surface area contributed by atoms with E-state index in [2.05, 4.69) is 5.43 Å². The zero-order valence-corrected chi connectivity index (χ0v) is 8.99. The molecule has 1 aromatic rings. The highest BCUT2D eigenvalue weighted by Gasteiger charge is 2.36. The van der Waals surface area contributed by atoms with E-state index in [-0.39, 0.29) is 13.0 Å². The normalized spacial score (nSPS) is 12.8. The van der Waals surface area contributed by atoms with Gasteiger partial charge in [0.2, 0.25) is 0 Å². The van der Waals surface area contributed by atoms with Gasteiger partial charge in [-0.15, -0.1) is 0 Å². The molecule has 3 N–H and O–H groups in total. The van der Waals surface area contributed by atoms with Gasteiger partial charge in [-0.3, -0.25) is 11.3 Å². The lowest BCUT2D eigenvalue weighted by atomic mass is 10.0. The highest BCUT2D eigenvalue weighted by Crippen LogP contribution is 2.36. The lowest BCUT2D eigenvalue weighted by molar-refractivity contribution is -0.141. The van der Waals surface area contributed by atoms with Gasteiger partial charge in [0.05, 0.1) is 11.1 Å². The van der Waals surface area contributed by atoms with Crippen LogP contribution < -0.4 is 11.3 Å². The van der Waals surface area contributed by atoms with Gasteiger partial charge in [0, 0.05) is 6.54 Å². The zero-order chi connectivity index (χ0) is 14.0. The number of hydrazine groups is 1. The molecular weight excluding hydrogens is 262 g/mol. The summed E-state index contributed by atoms with van der Waals surface area (Å²) in [5, 5.41) is 0. The number of alkyl halides is 6. The first kappa shape index (κ1) is 14.8. The van der Waals surface area contributed by atoms with Gasteiger partial charge in [-0.2, -0.15) is 26.3 Å². The predicted octanol–water partition coefficient (Wildman–Crippen LogP) is 2.73. The Morgan fingerprint density at radius 2 is 1.61 bits per heavy atom. The average Bonchev–Trinajstić information content (AvgIpc) is 2.23. The maximum absolute atomic E-state index is 12.6. The van der Waals surface area contributed by atoms with Crippen LogP contribution in [0.25, 0.3) is 0 Å². The maximum atomic E-state index is 12.6. The quantitative estimate of drug-likeness (QED) is 0.504. The standard InChI is InChI=1S/C10H10F6N2/c11-9(12,13)7-1-2-8(10(14,15)16)6(5-7)3-4-18-17/h1-2,5,18H,3-4,17H2. The van der Waals surface area contributed by atoms with E-state index in [1.54, 1.807) is 0 Å². The number of rotatable bonds is 3. The molecule has 0 radical (unpaired) electrons. The molecule has 2 nitrogen and oxygen atoms in total. The minimum atomic E-state index is -4.69. The fourth-order valence-electron chi connectivity index (χ4n) is 1.46. The topological polar surface area (TPSA) is 38.0 Å². The first-order valence-corrected chi connectivity index (χ1v) is 4.87. The van der Waals surface area contributed by atoms with Crippen molar-refractivity contribution in [2.24, 2.45) is 5.84 Å². The van der Waals surface area contributed by atoms with E-state index in [1.165, 1.54) is 0 Å². The van der Waals surface area contributed by atoms with E-state index in [0.717, 1.165) is 0 Å². The molecule has 0 aliphatic heterocycles. The number of hydrogen-bond donors (Lipinski definition) is 2. The minimum absolute atomic E-state index is 0.0512. The van der Waals surface area contributed by atoms with E-state index in [1.807, 2.05) is 0 Å². The summed E-state index contributed by atoms with van der Waals surface area (Å²) in [4.78, 5) is 0. The van der Waals surface area contributed by atoms with E-state index in [0.29, 0.717) is 18.2 Å². The second kappa shape index (κ2) is 5.15. The average molecular weight is 272 g/mol. The van der Waals surface area contributed by atoms with E-state index >= 15 is 0 Å². The molecule has 0 atom stereocenters. The zero-order valence-electron chi connectivity index (χ0n) is 8.99. The van der Waals surface area contributed by atoms with Gasteiger partial charge in [-0.25, -0.2) is 0 Å². The van der Waals surface area contributed by atoms with Crippen LogP contribution in [0.5, 0.6) is 0 Å². The Labute approximate surface area is 98.7 Å². The molecule has 0 amide bonds. The van der Waals surface area contributed by atoms with Crippen LogP contribution in [0.3, 0.4) is 0 Å². The molecule has 0 saturated heterocycles. The molecule has 18 heavy (non-hydrogen) atoms. The van der Waals surface area contributed by atoms with E-state index in [4.69, 9.17) is 5.84 Å². The summed E-state index contributed by atoms with van der Waals surface area (Å²) in [6.45, 7) is -0.0512. The SMILES string of the molecule is NNCCc1cc(C(F)(F)F)ccc1C(F)(F)F. The second-order valence-corrected chi connectivity index (χ2v) is 3.57. The van der Waals surface area contributed by atoms with E-state index < -0.39 is 29.0 Å². The highest BCUT2D eigenvalue weighted by atomic mass is 19.4.